The summed E-state index contributed by atoms with van der Waals surface area (Å²) in [5.41, 5.74) is 3.39. The number of pyridine rings is 1. The van der Waals surface area contributed by atoms with Gasteiger partial charge in [-0.15, -0.1) is 0 Å². The molecule has 0 radical (unpaired) electrons. The molecule has 1 heterocycles. The van der Waals surface area contributed by atoms with Crippen molar-refractivity contribution >= 4 is 22.3 Å². The minimum atomic E-state index is 0.637. The Labute approximate surface area is 111 Å². The number of nitrogens with zero attached hydrogens (tertiary/aromatic N) is 2. The van der Waals surface area contributed by atoms with Gasteiger partial charge in [-0.25, -0.2) is 0 Å². The van der Waals surface area contributed by atoms with E-state index in [9.17, 15) is 0 Å². The molecule has 2 aromatic carbocycles. The molecule has 0 fully saturated rings. The molecule has 0 saturated carbocycles. The number of hydrogen-bond acceptors (Lipinski definition) is 3. The van der Waals surface area contributed by atoms with E-state index in [1.165, 1.54) is 0 Å². The van der Waals surface area contributed by atoms with Gasteiger partial charge in [0.25, 0.3) is 0 Å². The van der Waals surface area contributed by atoms with E-state index in [4.69, 9.17) is 5.26 Å². The Morgan fingerprint density at radius 3 is 2.74 bits per heavy atom. The first-order chi connectivity index (χ1) is 9.36. The lowest BCUT2D eigenvalue weighted by atomic mass is 10.1. The van der Waals surface area contributed by atoms with Crippen LogP contribution < -0.4 is 5.32 Å². The van der Waals surface area contributed by atoms with Crippen LogP contribution in [-0.2, 0) is 0 Å². The van der Waals surface area contributed by atoms with Gasteiger partial charge in [0.15, 0.2) is 0 Å². The third-order valence-corrected chi connectivity index (χ3v) is 2.90. The molecule has 1 aromatic heterocycles. The van der Waals surface area contributed by atoms with E-state index in [1.807, 2.05) is 48.5 Å². The second-order valence-electron chi connectivity index (χ2n) is 4.20. The molecule has 0 aliphatic rings. The van der Waals surface area contributed by atoms with E-state index in [0.29, 0.717) is 5.56 Å². The van der Waals surface area contributed by atoms with Gasteiger partial charge in [0.2, 0.25) is 0 Å². The van der Waals surface area contributed by atoms with Crippen LogP contribution in [0.5, 0.6) is 0 Å². The molecule has 3 aromatic rings. The van der Waals surface area contributed by atoms with Crippen molar-refractivity contribution in [1.82, 2.24) is 4.98 Å². The number of nitrogens with one attached hydrogen (secondary N) is 1. The molecule has 0 aliphatic carbocycles. The molecule has 3 rings (SSSR count). The topological polar surface area (TPSA) is 48.7 Å². The maximum absolute atomic E-state index is 8.91. The second kappa shape index (κ2) is 4.79. The molecule has 0 atom stereocenters. The van der Waals surface area contributed by atoms with Gasteiger partial charge in [-0.3, -0.25) is 4.98 Å². The first-order valence-corrected chi connectivity index (χ1v) is 5.98. The van der Waals surface area contributed by atoms with E-state index >= 15 is 0 Å². The Balaban J connectivity index is 2.04. The number of hydrogen-bond donors (Lipinski definition) is 1. The fraction of sp³-hybridized carbons (Fsp3) is 0. The van der Waals surface area contributed by atoms with Crippen molar-refractivity contribution in [2.75, 3.05) is 5.32 Å². The van der Waals surface area contributed by atoms with Gasteiger partial charge in [-0.2, -0.15) is 5.26 Å². The minimum Gasteiger partial charge on any atom is -0.354 e. The summed E-state index contributed by atoms with van der Waals surface area (Å²) in [6.45, 7) is 0. The first-order valence-electron chi connectivity index (χ1n) is 5.98. The average Bonchev–Trinajstić information content (AvgIpc) is 2.48. The van der Waals surface area contributed by atoms with Crippen molar-refractivity contribution < 1.29 is 0 Å². The predicted octanol–water partition coefficient (Wildman–Crippen LogP) is 3.85. The normalized spacial score (nSPS) is 10.1. The average molecular weight is 245 g/mol. The highest BCUT2D eigenvalue weighted by molar-refractivity contribution is 5.91. The molecular formula is C16H11N3. The number of fused-ring (bicyclic) bond motifs is 1. The van der Waals surface area contributed by atoms with Crippen molar-refractivity contribution in [3.05, 3.63) is 66.4 Å². The van der Waals surface area contributed by atoms with Gasteiger partial charge in [-0.1, -0.05) is 24.3 Å². The largest absolute Gasteiger partial charge is 0.354 e. The zero-order valence-corrected chi connectivity index (χ0v) is 10.2. The molecule has 0 aliphatic heterocycles. The molecule has 0 spiro atoms. The van der Waals surface area contributed by atoms with E-state index in [2.05, 4.69) is 16.4 Å². The number of nitriles is 1. The Kier molecular flexibility index (Phi) is 2.83. The smallest absolute Gasteiger partial charge is 0.0992 e. The molecular weight excluding hydrogens is 234 g/mol. The highest BCUT2D eigenvalue weighted by Gasteiger charge is 2.02. The van der Waals surface area contributed by atoms with Crippen LogP contribution in [0, 0.1) is 11.3 Å². The highest BCUT2D eigenvalue weighted by atomic mass is 14.9. The maximum Gasteiger partial charge on any atom is 0.0992 e. The highest BCUT2D eigenvalue weighted by Crippen LogP contribution is 2.24. The molecule has 3 heteroatoms. The Hall–Kier alpha value is -2.86. The number of anilines is 2. The fourth-order valence-electron chi connectivity index (χ4n) is 2.03. The molecule has 0 amide bonds. The molecule has 3 nitrogen and oxygen atoms in total. The van der Waals surface area contributed by atoms with E-state index < -0.39 is 0 Å². The lowest BCUT2D eigenvalue weighted by Gasteiger charge is -2.09. The summed E-state index contributed by atoms with van der Waals surface area (Å²) in [5, 5.41) is 13.3. The molecule has 1 N–H and O–H groups in total. The zero-order chi connectivity index (χ0) is 13.1. The van der Waals surface area contributed by atoms with Crippen molar-refractivity contribution in [3.8, 4) is 6.07 Å². The van der Waals surface area contributed by atoms with E-state index in [0.717, 1.165) is 22.3 Å². The standard InChI is InChI=1S/C16H11N3/c17-11-12-4-1-7-14(10-12)19-15-8-2-5-13-6-3-9-18-16(13)15/h1-10,19H. The summed E-state index contributed by atoms with van der Waals surface area (Å²) in [5.74, 6) is 0. The SMILES string of the molecule is N#Cc1cccc(Nc2cccc3cccnc23)c1. The van der Waals surface area contributed by atoms with Crippen LogP contribution in [0.4, 0.5) is 11.4 Å². The molecule has 0 saturated heterocycles. The lowest BCUT2D eigenvalue weighted by molar-refractivity contribution is 1.40. The summed E-state index contributed by atoms with van der Waals surface area (Å²) < 4.78 is 0. The molecule has 19 heavy (non-hydrogen) atoms. The van der Waals surface area contributed by atoms with Crippen LogP contribution in [0.15, 0.2) is 60.8 Å². The van der Waals surface area contributed by atoms with Crippen LogP contribution in [-0.4, -0.2) is 4.98 Å². The number of aromatic nitrogens is 1. The Morgan fingerprint density at radius 2 is 1.84 bits per heavy atom. The summed E-state index contributed by atoms with van der Waals surface area (Å²) in [6.07, 6.45) is 1.78. The van der Waals surface area contributed by atoms with Gasteiger partial charge < -0.3 is 5.32 Å². The van der Waals surface area contributed by atoms with Crippen molar-refractivity contribution in [2.24, 2.45) is 0 Å². The van der Waals surface area contributed by atoms with Gasteiger partial charge in [0.05, 0.1) is 22.8 Å². The number of benzene rings is 2. The molecule has 90 valence electrons. The number of rotatable bonds is 2. The van der Waals surface area contributed by atoms with Crippen LogP contribution >= 0.6 is 0 Å². The maximum atomic E-state index is 8.91. The van der Waals surface area contributed by atoms with Gasteiger partial charge >= 0.3 is 0 Å². The predicted molar refractivity (Wildman–Crippen MR) is 76.2 cm³/mol. The van der Waals surface area contributed by atoms with Gasteiger partial charge in [0, 0.05) is 17.3 Å². The zero-order valence-electron chi connectivity index (χ0n) is 10.2. The quantitative estimate of drug-likeness (QED) is 0.746. The second-order valence-corrected chi connectivity index (χ2v) is 4.20. The lowest BCUT2D eigenvalue weighted by Crippen LogP contribution is -1.93. The third kappa shape index (κ3) is 2.24. The fourth-order valence-corrected chi connectivity index (χ4v) is 2.03. The number of para-hydroxylation sites is 1. The monoisotopic (exact) mass is 245 g/mol. The van der Waals surface area contributed by atoms with Crippen LogP contribution in [0.3, 0.4) is 0 Å². The summed E-state index contributed by atoms with van der Waals surface area (Å²) >= 11 is 0. The van der Waals surface area contributed by atoms with Gasteiger partial charge in [-0.05, 0) is 30.3 Å². The van der Waals surface area contributed by atoms with E-state index in [1.54, 1.807) is 12.3 Å². The Bertz CT molecular complexity index is 767. The minimum absolute atomic E-state index is 0.637. The van der Waals surface area contributed by atoms with Crippen molar-refractivity contribution in [2.45, 2.75) is 0 Å². The van der Waals surface area contributed by atoms with Crippen LogP contribution in [0.2, 0.25) is 0 Å². The summed E-state index contributed by atoms with van der Waals surface area (Å²) in [7, 11) is 0. The van der Waals surface area contributed by atoms with Crippen LogP contribution in [0.1, 0.15) is 5.56 Å². The van der Waals surface area contributed by atoms with E-state index in [-0.39, 0.29) is 0 Å². The third-order valence-electron chi connectivity index (χ3n) is 2.90. The molecule has 0 bridgehead atoms. The first kappa shape index (κ1) is 11.2. The summed E-state index contributed by atoms with van der Waals surface area (Å²) in [4.78, 5) is 4.39. The molecule has 0 unspecified atom stereocenters. The van der Waals surface area contributed by atoms with Crippen LogP contribution in [0.25, 0.3) is 10.9 Å². The summed E-state index contributed by atoms with van der Waals surface area (Å²) in [6, 6.07) is 19.5. The van der Waals surface area contributed by atoms with Crippen molar-refractivity contribution in [1.29, 1.82) is 5.26 Å². The Morgan fingerprint density at radius 1 is 1.00 bits per heavy atom. The van der Waals surface area contributed by atoms with Gasteiger partial charge in [0.1, 0.15) is 0 Å². The van der Waals surface area contributed by atoms with Crippen molar-refractivity contribution in [3.63, 3.8) is 0 Å².